The summed E-state index contributed by atoms with van der Waals surface area (Å²) in [5.41, 5.74) is -0.0262. The molecule has 5 heteroatoms. The number of hydrogen-bond donors (Lipinski definition) is 0. The first-order chi connectivity index (χ1) is 12.3. The summed E-state index contributed by atoms with van der Waals surface area (Å²) >= 11 is 0. The number of epoxide rings is 1. The Morgan fingerprint density at radius 1 is 1.23 bits per heavy atom. The van der Waals surface area contributed by atoms with Crippen molar-refractivity contribution in [2.24, 2.45) is 22.7 Å². The lowest BCUT2D eigenvalue weighted by atomic mass is 9.44. The molecule has 3 fully saturated rings. The predicted molar refractivity (Wildman–Crippen MR) is 94.6 cm³/mol. The Labute approximate surface area is 154 Å². The Balaban J connectivity index is 1.72. The highest BCUT2D eigenvalue weighted by Gasteiger charge is 2.72. The molecular weight excluding hydrogens is 332 g/mol. The first-order valence-corrected chi connectivity index (χ1v) is 9.57. The largest absolute Gasteiger partial charge is 0.472 e. The minimum atomic E-state index is -0.450. The van der Waals surface area contributed by atoms with Gasteiger partial charge in [-0.3, -0.25) is 9.59 Å². The third-order valence-electron chi connectivity index (χ3n) is 7.98. The second-order valence-electron chi connectivity index (χ2n) is 8.99. The maximum absolute atomic E-state index is 12.9. The Kier molecular flexibility index (Phi) is 3.89. The van der Waals surface area contributed by atoms with Gasteiger partial charge in [-0.15, -0.1) is 0 Å². The van der Waals surface area contributed by atoms with Crippen molar-refractivity contribution in [3.8, 4) is 0 Å². The van der Waals surface area contributed by atoms with Gasteiger partial charge in [0.15, 0.2) is 5.78 Å². The van der Waals surface area contributed by atoms with E-state index >= 15 is 0 Å². The number of carbonyl (C=O) groups excluding carboxylic acids is 2. The molecule has 2 aliphatic carbocycles. The molecule has 26 heavy (non-hydrogen) atoms. The van der Waals surface area contributed by atoms with E-state index in [1.807, 2.05) is 0 Å². The average molecular weight is 360 g/mol. The number of esters is 1. The molecule has 3 aliphatic rings. The van der Waals surface area contributed by atoms with Crippen molar-refractivity contribution in [2.75, 3.05) is 7.11 Å². The van der Waals surface area contributed by atoms with Gasteiger partial charge in [0, 0.05) is 11.8 Å². The van der Waals surface area contributed by atoms with Gasteiger partial charge in [-0.25, -0.2) is 0 Å². The fraction of sp³-hybridized carbons (Fsp3) is 0.714. The molecule has 2 heterocycles. The minimum Gasteiger partial charge on any atom is -0.472 e. The van der Waals surface area contributed by atoms with Gasteiger partial charge < -0.3 is 13.9 Å². The van der Waals surface area contributed by atoms with Crippen LogP contribution in [0.5, 0.6) is 0 Å². The van der Waals surface area contributed by atoms with E-state index in [9.17, 15) is 9.59 Å². The molecule has 0 aromatic carbocycles. The van der Waals surface area contributed by atoms with Gasteiger partial charge in [0.1, 0.15) is 6.26 Å². The number of furan rings is 1. The molecule has 0 N–H and O–H groups in total. The van der Waals surface area contributed by atoms with Gasteiger partial charge in [-0.2, -0.15) is 0 Å². The molecule has 1 aliphatic heterocycles. The summed E-state index contributed by atoms with van der Waals surface area (Å²) < 4.78 is 16.3. The van der Waals surface area contributed by atoms with Crippen LogP contribution in [0.15, 0.2) is 23.0 Å². The Morgan fingerprint density at radius 3 is 2.65 bits per heavy atom. The van der Waals surface area contributed by atoms with Crippen molar-refractivity contribution in [1.82, 2.24) is 0 Å². The lowest BCUT2D eigenvalue weighted by molar-refractivity contribution is -0.165. The number of methoxy groups -OCH3 is 1. The van der Waals surface area contributed by atoms with Crippen LogP contribution >= 0.6 is 0 Å². The first kappa shape index (κ1) is 17.8. The molecule has 6 atom stereocenters. The maximum atomic E-state index is 12.9. The van der Waals surface area contributed by atoms with Crippen LogP contribution in [0.25, 0.3) is 0 Å². The summed E-state index contributed by atoms with van der Waals surface area (Å²) in [5, 5.41) is 0. The standard InChI is InChI=1S/C21H28O5/c1-19(11-15(22)13-8-10-25-12-13)14(18(23)24-4)7-9-20(2)16(19)5-6-17-21(20,3)26-17/h8,10,12,14,16-17H,5-7,9,11H2,1-4H3. The predicted octanol–water partition coefficient (Wildman–Crippen LogP) is 4.02. The summed E-state index contributed by atoms with van der Waals surface area (Å²) in [6, 6.07) is 1.70. The van der Waals surface area contributed by atoms with Crippen LogP contribution in [0.2, 0.25) is 0 Å². The van der Waals surface area contributed by atoms with E-state index in [-0.39, 0.29) is 34.6 Å². The highest BCUT2D eigenvalue weighted by molar-refractivity contribution is 5.96. The van der Waals surface area contributed by atoms with E-state index in [4.69, 9.17) is 13.9 Å². The molecule has 0 radical (unpaired) electrons. The molecule has 0 bridgehead atoms. The Bertz CT molecular complexity index is 725. The molecule has 0 amide bonds. The third kappa shape index (κ3) is 2.25. The quantitative estimate of drug-likeness (QED) is 0.461. The lowest BCUT2D eigenvalue weighted by Gasteiger charge is -2.58. The SMILES string of the molecule is COC(=O)C1CCC2(C)C(CCC3OC32C)C1(C)CC(=O)c1ccoc1. The Morgan fingerprint density at radius 2 is 2.00 bits per heavy atom. The van der Waals surface area contributed by atoms with E-state index in [1.54, 1.807) is 6.07 Å². The molecule has 142 valence electrons. The van der Waals surface area contributed by atoms with Crippen molar-refractivity contribution in [3.05, 3.63) is 24.2 Å². The topological polar surface area (TPSA) is 69.0 Å². The second-order valence-corrected chi connectivity index (χ2v) is 8.99. The smallest absolute Gasteiger partial charge is 0.309 e. The molecule has 1 aromatic heterocycles. The van der Waals surface area contributed by atoms with Crippen LogP contribution in [0, 0.1) is 22.7 Å². The summed E-state index contributed by atoms with van der Waals surface area (Å²) in [6.45, 7) is 6.62. The lowest BCUT2D eigenvalue weighted by Crippen LogP contribution is -2.58. The number of fused-ring (bicyclic) bond motifs is 3. The van der Waals surface area contributed by atoms with E-state index in [0.29, 0.717) is 18.1 Å². The van der Waals surface area contributed by atoms with Gasteiger partial charge >= 0.3 is 5.97 Å². The summed E-state index contributed by atoms with van der Waals surface area (Å²) in [7, 11) is 1.44. The van der Waals surface area contributed by atoms with Gasteiger partial charge in [-0.1, -0.05) is 13.8 Å². The van der Waals surface area contributed by atoms with Gasteiger partial charge in [0.2, 0.25) is 0 Å². The number of carbonyl (C=O) groups is 2. The van der Waals surface area contributed by atoms with Gasteiger partial charge in [0.25, 0.3) is 0 Å². The molecule has 2 saturated carbocycles. The van der Waals surface area contributed by atoms with Crippen molar-refractivity contribution in [3.63, 3.8) is 0 Å². The Hall–Kier alpha value is -1.62. The molecule has 5 nitrogen and oxygen atoms in total. The first-order valence-electron chi connectivity index (χ1n) is 9.57. The highest BCUT2D eigenvalue weighted by atomic mass is 16.6. The minimum absolute atomic E-state index is 0.0220. The number of rotatable bonds is 4. The zero-order chi connectivity index (χ0) is 18.7. The van der Waals surface area contributed by atoms with Crippen LogP contribution in [-0.2, 0) is 14.3 Å². The van der Waals surface area contributed by atoms with Crippen LogP contribution in [0.1, 0.15) is 63.2 Å². The average Bonchev–Trinajstić information content (AvgIpc) is 3.05. The summed E-state index contributed by atoms with van der Waals surface area (Å²) in [5.74, 6) is -0.185. The van der Waals surface area contributed by atoms with Crippen LogP contribution in [-0.4, -0.2) is 30.6 Å². The normalized spacial score (nSPS) is 43.9. The van der Waals surface area contributed by atoms with Crippen molar-refractivity contribution < 1.29 is 23.5 Å². The number of ether oxygens (including phenoxy) is 2. The van der Waals surface area contributed by atoms with E-state index in [1.165, 1.54) is 19.6 Å². The fourth-order valence-corrected chi connectivity index (χ4v) is 6.22. The zero-order valence-electron chi connectivity index (χ0n) is 16.0. The van der Waals surface area contributed by atoms with Gasteiger partial charge in [-0.05, 0) is 50.0 Å². The van der Waals surface area contributed by atoms with E-state index in [0.717, 1.165) is 25.7 Å². The molecule has 0 spiro atoms. The highest BCUT2D eigenvalue weighted by Crippen LogP contribution is 2.70. The summed E-state index contributed by atoms with van der Waals surface area (Å²) in [4.78, 5) is 25.6. The van der Waals surface area contributed by atoms with Crippen molar-refractivity contribution >= 4 is 11.8 Å². The molecule has 1 aromatic rings. The maximum Gasteiger partial charge on any atom is 0.309 e. The molecule has 1 saturated heterocycles. The van der Waals surface area contributed by atoms with Crippen LogP contribution in [0.4, 0.5) is 0 Å². The number of Topliss-reactive ketones (excluding diaryl/α,β-unsaturated/α-hetero) is 1. The van der Waals surface area contributed by atoms with Crippen molar-refractivity contribution in [1.29, 1.82) is 0 Å². The van der Waals surface area contributed by atoms with Crippen LogP contribution in [0.3, 0.4) is 0 Å². The molecule has 4 rings (SSSR count). The number of hydrogen-bond acceptors (Lipinski definition) is 5. The van der Waals surface area contributed by atoms with Gasteiger partial charge in [0.05, 0.1) is 36.6 Å². The second kappa shape index (κ2) is 5.69. The monoisotopic (exact) mass is 360 g/mol. The van der Waals surface area contributed by atoms with E-state index < -0.39 is 5.41 Å². The number of ketones is 1. The third-order valence-corrected chi connectivity index (χ3v) is 7.98. The molecule has 6 unspecified atom stereocenters. The fourth-order valence-electron chi connectivity index (χ4n) is 6.22. The molecular formula is C21H28O5. The van der Waals surface area contributed by atoms with Crippen molar-refractivity contribution in [2.45, 2.75) is 64.6 Å². The van der Waals surface area contributed by atoms with E-state index in [2.05, 4.69) is 20.8 Å². The zero-order valence-corrected chi connectivity index (χ0v) is 16.0. The summed E-state index contributed by atoms with van der Waals surface area (Å²) in [6.07, 6.45) is 7.31. The van der Waals surface area contributed by atoms with Crippen LogP contribution < -0.4 is 0 Å².